The van der Waals surface area contributed by atoms with Crippen molar-refractivity contribution in [2.75, 3.05) is 32.8 Å². The maximum Gasteiger partial charge on any atom is 0.224 e. The normalized spacial score (nSPS) is 23.3. The third kappa shape index (κ3) is 5.18. The number of carbonyl (C=O) groups excluding carboxylic acids is 1. The van der Waals surface area contributed by atoms with Crippen LogP contribution in [0.25, 0.3) is 10.2 Å². The quantitative estimate of drug-likeness (QED) is 0.609. The second kappa shape index (κ2) is 10.7. The SMILES string of the molecule is CCC(CC)C(CNC(=O)C1CC=CCC1c1nc2ccccc2s1)N1CCOCC1. The molecular formula is C25H35N3O2S. The maximum atomic E-state index is 13.4. The number of morpholine rings is 1. The summed E-state index contributed by atoms with van der Waals surface area (Å²) in [6.07, 6.45) is 8.32. The van der Waals surface area contributed by atoms with Gasteiger partial charge in [0.2, 0.25) is 5.91 Å². The van der Waals surface area contributed by atoms with Gasteiger partial charge in [0.05, 0.1) is 34.4 Å². The van der Waals surface area contributed by atoms with Gasteiger partial charge in [0, 0.05) is 31.6 Å². The second-order valence-corrected chi connectivity index (χ2v) is 9.78. The molecule has 2 heterocycles. The van der Waals surface area contributed by atoms with E-state index in [1.807, 2.05) is 6.07 Å². The molecule has 2 aliphatic rings. The van der Waals surface area contributed by atoms with Gasteiger partial charge in [-0.25, -0.2) is 4.98 Å². The minimum atomic E-state index is -0.0439. The Labute approximate surface area is 189 Å². The molecule has 31 heavy (non-hydrogen) atoms. The van der Waals surface area contributed by atoms with Crippen LogP contribution in [0, 0.1) is 11.8 Å². The molecule has 1 aromatic heterocycles. The summed E-state index contributed by atoms with van der Waals surface area (Å²) >= 11 is 1.74. The molecule has 3 atom stereocenters. The van der Waals surface area contributed by atoms with Crippen molar-refractivity contribution in [1.29, 1.82) is 0 Å². The minimum absolute atomic E-state index is 0.0439. The van der Waals surface area contributed by atoms with Crippen molar-refractivity contribution in [2.45, 2.75) is 51.5 Å². The Balaban J connectivity index is 1.46. The summed E-state index contributed by atoms with van der Waals surface area (Å²) in [4.78, 5) is 20.8. The molecule has 4 rings (SSSR count). The summed E-state index contributed by atoms with van der Waals surface area (Å²) in [6, 6.07) is 8.64. The zero-order chi connectivity index (χ0) is 21.6. The number of thiazole rings is 1. The number of hydrogen-bond acceptors (Lipinski definition) is 5. The first-order valence-electron chi connectivity index (χ1n) is 11.8. The Morgan fingerprint density at radius 3 is 2.68 bits per heavy atom. The predicted octanol–water partition coefficient (Wildman–Crippen LogP) is 4.60. The molecule has 3 unspecified atom stereocenters. The smallest absolute Gasteiger partial charge is 0.224 e. The number of carbonyl (C=O) groups is 1. The van der Waals surface area contributed by atoms with Gasteiger partial charge in [-0.1, -0.05) is 51.0 Å². The van der Waals surface area contributed by atoms with Crippen LogP contribution in [0.3, 0.4) is 0 Å². The van der Waals surface area contributed by atoms with Gasteiger partial charge in [-0.2, -0.15) is 0 Å². The van der Waals surface area contributed by atoms with Crippen molar-refractivity contribution >= 4 is 27.5 Å². The molecule has 2 aromatic rings. The molecular weight excluding hydrogens is 406 g/mol. The van der Waals surface area contributed by atoms with Crippen molar-refractivity contribution in [3.63, 3.8) is 0 Å². The number of para-hydroxylation sites is 1. The van der Waals surface area contributed by atoms with Gasteiger partial charge in [0.15, 0.2) is 0 Å². The lowest BCUT2D eigenvalue weighted by molar-refractivity contribution is -0.126. The topological polar surface area (TPSA) is 54.5 Å². The van der Waals surface area contributed by atoms with Crippen LogP contribution in [0.4, 0.5) is 0 Å². The van der Waals surface area contributed by atoms with Crippen molar-refractivity contribution in [1.82, 2.24) is 15.2 Å². The van der Waals surface area contributed by atoms with E-state index in [0.29, 0.717) is 12.0 Å². The highest BCUT2D eigenvalue weighted by Gasteiger charge is 2.34. The van der Waals surface area contributed by atoms with Gasteiger partial charge in [-0.3, -0.25) is 9.69 Å². The Kier molecular flexibility index (Phi) is 7.75. The van der Waals surface area contributed by atoms with E-state index in [1.54, 1.807) is 11.3 Å². The largest absolute Gasteiger partial charge is 0.379 e. The van der Waals surface area contributed by atoms with E-state index in [9.17, 15) is 4.79 Å². The van der Waals surface area contributed by atoms with Gasteiger partial charge < -0.3 is 10.1 Å². The molecule has 1 saturated heterocycles. The average Bonchev–Trinajstić information content (AvgIpc) is 3.26. The number of hydrogen-bond donors (Lipinski definition) is 1. The molecule has 168 valence electrons. The standard InChI is InChI=1S/C25H35N3O2S/c1-3-18(4-2)22(28-13-15-30-16-14-28)17-26-24(29)19-9-5-6-10-20(19)25-27-21-11-7-8-12-23(21)31-25/h5-8,11-12,18-20,22H,3-4,9-10,13-17H2,1-2H3,(H,26,29). The lowest BCUT2D eigenvalue weighted by atomic mass is 9.82. The highest BCUT2D eigenvalue weighted by Crippen LogP contribution is 2.38. The minimum Gasteiger partial charge on any atom is -0.379 e. The number of aromatic nitrogens is 1. The number of allylic oxidation sites excluding steroid dienone is 2. The number of rotatable bonds is 8. The van der Waals surface area contributed by atoms with Gasteiger partial charge in [-0.05, 0) is 30.9 Å². The highest BCUT2D eigenvalue weighted by atomic mass is 32.1. The first-order valence-corrected chi connectivity index (χ1v) is 12.6. The summed E-state index contributed by atoms with van der Waals surface area (Å²) < 4.78 is 6.76. The number of nitrogens with one attached hydrogen (secondary N) is 1. The molecule has 1 aliphatic carbocycles. The lowest BCUT2D eigenvalue weighted by Crippen LogP contribution is -2.52. The molecule has 0 saturated carbocycles. The number of ether oxygens (including phenoxy) is 1. The third-order valence-corrected chi connectivity index (χ3v) is 8.16. The van der Waals surface area contributed by atoms with E-state index in [-0.39, 0.29) is 17.7 Å². The van der Waals surface area contributed by atoms with Crippen LogP contribution in [-0.4, -0.2) is 54.7 Å². The Hall–Kier alpha value is -1.76. The van der Waals surface area contributed by atoms with Gasteiger partial charge in [0.25, 0.3) is 0 Å². The van der Waals surface area contributed by atoms with Crippen LogP contribution in [-0.2, 0) is 9.53 Å². The summed E-state index contributed by atoms with van der Waals surface area (Å²) in [5.74, 6) is 0.887. The summed E-state index contributed by atoms with van der Waals surface area (Å²) in [7, 11) is 0. The van der Waals surface area contributed by atoms with Crippen LogP contribution in [0.1, 0.15) is 50.5 Å². The lowest BCUT2D eigenvalue weighted by Gasteiger charge is -2.39. The molecule has 5 nitrogen and oxygen atoms in total. The van der Waals surface area contributed by atoms with Gasteiger partial charge in [-0.15, -0.1) is 11.3 Å². The molecule has 1 aromatic carbocycles. The molecule has 1 N–H and O–H groups in total. The number of amides is 1. The van der Waals surface area contributed by atoms with E-state index < -0.39 is 0 Å². The van der Waals surface area contributed by atoms with E-state index in [1.165, 1.54) is 4.70 Å². The van der Waals surface area contributed by atoms with E-state index in [4.69, 9.17) is 9.72 Å². The van der Waals surface area contributed by atoms with Gasteiger partial charge in [0.1, 0.15) is 0 Å². The maximum absolute atomic E-state index is 13.4. The molecule has 6 heteroatoms. The zero-order valence-corrected chi connectivity index (χ0v) is 19.6. The summed E-state index contributed by atoms with van der Waals surface area (Å²) in [5.41, 5.74) is 1.04. The first-order chi connectivity index (χ1) is 15.2. The van der Waals surface area contributed by atoms with Crippen LogP contribution >= 0.6 is 11.3 Å². The van der Waals surface area contributed by atoms with Crippen molar-refractivity contribution in [3.05, 3.63) is 41.4 Å². The molecule has 1 amide bonds. The average molecular weight is 442 g/mol. The second-order valence-electron chi connectivity index (χ2n) is 8.71. The van der Waals surface area contributed by atoms with Gasteiger partial charge >= 0.3 is 0 Å². The Morgan fingerprint density at radius 1 is 1.19 bits per heavy atom. The zero-order valence-electron chi connectivity index (χ0n) is 18.8. The molecule has 0 radical (unpaired) electrons. The van der Waals surface area contributed by atoms with Crippen LogP contribution < -0.4 is 5.32 Å². The van der Waals surface area contributed by atoms with Crippen molar-refractivity contribution in [2.24, 2.45) is 11.8 Å². The van der Waals surface area contributed by atoms with Crippen LogP contribution in [0.15, 0.2) is 36.4 Å². The summed E-state index contributed by atoms with van der Waals surface area (Å²) in [6.45, 7) is 8.74. The first kappa shape index (κ1) is 22.4. The van der Waals surface area contributed by atoms with E-state index >= 15 is 0 Å². The highest BCUT2D eigenvalue weighted by molar-refractivity contribution is 7.18. The van der Waals surface area contributed by atoms with Crippen LogP contribution in [0.2, 0.25) is 0 Å². The van der Waals surface area contributed by atoms with E-state index in [2.05, 4.69) is 54.4 Å². The summed E-state index contributed by atoms with van der Waals surface area (Å²) in [5, 5.41) is 4.45. The fraction of sp³-hybridized carbons (Fsp3) is 0.600. The van der Waals surface area contributed by atoms with Crippen LogP contribution in [0.5, 0.6) is 0 Å². The fourth-order valence-corrected chi connectivity index (χ4v) is 6.24. The number of benzene rings is 1. The third-order valence-electron chi connectivity index (χ3n) is 6.99. The van der Waals surface area contributed by atoms with Crippen molar-refractivity contribution < 1.29 is 9.53 Å². The number of nitrogens with zero attached hydrogens (tertiary/aromatic N) is 2. The predicted molar refractivity (Wildman–Crippen MR) is 127 cm³/mol. The van der Waals surface area contributed by atoms with E-state index in [0.717, 1.165) is 69.1 Å². The number of fused-ring (bicyclic) bond motifs is 1. The van der Waals surface area contributed by atoms with Crippen molar-refractivity contribution in [3.8, 4) is 0 Å². The Bertz CT molecular complexity index is 853. The Morgan fingerprint density at radius 2 is 1.94 bits per heavy atom. The monoisotopic (exact) mass is 441 g/mol. The molecule has 1 aliphatic heterocycles. The molecule has 0 bridgehead atoms. The molecule has 0 spiro atoms. The molecule has 1 fully saturated rings. The fourth-order valence-electron chi connectivity index (χ4n) is 5.10.